The van der Waals surface area contributed by atoms with Gasteiger partial charge in [-0.25, -0.2) is 0 Å². The maximum absolute atomic E-state index is 9.33. The van der Waals surface area contributed by atoms with Crippen molar-refractivity contribution >= 4 is 10.4 Å². The van der Waals surface area contributed by atoms with Crippen LogP contribution in [-0.4, -0.2) is 20.1 Å². The molecule has 46 valence electrons. The highest BCUT2D eigenvalue weighted by Crippen LogP contribution is 1.74. The van der Waals surface area contributed by atoms with Gasteiger partial charge in [0.05, 0.1) is 7.11 Å². The van der Waals surface area contributed by atoms with Crippen molar-refractivity contribution in [2.45, 2.75) is 0 Å². The molecule has 0 aromatic heterocycles. The summed E-state index contributed by atoms with van der Waals surface area (Å²) in [6, 6.07) is 0. The van der Waals surface area contributed by atoms with Crippen molar-refractivity contribution in [1.82, 2.24) is 6.15 Å². The third kappa shape index (κ3) is 10.7. The van der Waals surface area contributed by atoms with E-state index in [0.717, 1.165) is 7.11 Å². The zero-order valence-electron chi connectivity index (χ0n) is 4.08. The van der Waals surface area contributed by atoms with Gasteiger partial charge in [-0.2, -0.15) is 8.42 Å². The molecular weight excluding hydrogens is 122 g/mol. The number of quaternary nitrogens is 1. The van der Waals surface area contributed by atoms with E-state index in [9.17, 15) is 8.42 Å². The van der Waals surface area contributed by atoms with Gasteiger partial charge in [-0.3, -0.25) is 8.74 Å². The molecular formula is CH8NO4S+. The Hall–Kier alpha value is -0.170. The molecule has 0 aromatic carbocycles. The molecule has 0 bridgehead atoms. The standard InChI is InChI=1S/CH4O4S.H3N/c1-5-6(2,3)4;/h1H3,(H,2,3,4);1H3/p+1. The Kier molecular flexibility index (Phi) is 4.14. The molecule has 0 rings (SSSR count). The summed E-state index contributed by atoms with van der Waals surface area (Å²) in [6.45, 7) is 0. The fraction of sp³-hybridized carbons (Fsp3) is 1.00. The van der Waals surface area contributed by atoms with Crippen LogP contribution < -0.4 is 6.15 Å². The van der Waals surface area contributed by atoms with Gasteiger partial charge in [0, 0.05) is 0 Å². The molecule has 0 aliphatic rings. The quantitative estimate of drug-likeness (QED) is 0.480. The zero-order chi connectivity index (χ0) is 5.21. The third-order valence-corrected chi connectivity index (χ3v) is 0.632. The molecule has 7 heavy (non-hydrogen) atoms. The van der Waals surface area contributed by atoms with Gasteiger partial charge < -0.3 is 6.15 Å². The van der Waals surface area contributed by atoms with Crippen molar-refractivity contribution in [3.8, 4) is 0 Å². The van der Waals surface area contributed by atoms with Gasteiger partial charge in [0.15, 0.2) is 0 Å². The van der Waals surface area contributed by atoms with E-state index < -0.39 is 10.4 Å². The molecule has 0 radical (unpaired) electrons. The first-order valence-electron chi connectivity index (χ1n) is 1.09. The summed E-state index contributed by atoms with van der Waals surface area (Å²) >= 11 is 0. The van der Waals surface area contributed by atoms with Crippen molar-refractivity contribution in [2.24, 2.45) is 0 Å². The maximum Gasteiger partial charge on any atom is 0.397 e. The molecule has 0 saturated carbocycles. The highest BCUT2D eigenvalue weighted by atomic mass is 32.3. The summed E-state index contributed by atoms with van der Waals surface area (Å²) in [5.41, 5.74) is 0. The van der Waals surface area contributed by atoms with Crippen LogP contribution >= 0.6 is 0 Å². The lowest BCUT2D eigenvalue weighted by Gasteiger charge is -1.82. The summed E-state index contributed by atoms with van der Waals surface area (Å²) in [5, 5.41) is 0. The van der Waals surface area contributed by atoms with Gasteiger partial charge in [-0.15, -0.1) is 0 Å². The van der Waals surface area contributed by atoms with Crippen LogP contribution in [0.1, 0.15) is 0 Å². The highest BCUT2D eigenvalue weighted by Gasteiger charge is 1.93. The van der Waals surface area contributed by atoms with Crippen molar-refractivity contribution in [3.63, 3.8) is 0 Å². The average Bonchev–Trinajstić information content (AvgIpc) is 1.35. The summed E-state index contributed by atoms with van der Waals surface area (Å²) in [5.74, 6) is 0. The topological polar surface area (TPSA) is 100 Å². The molecule has 6 heteroatoms. The summed E-state index contributed by atoms with van der Waals surface area (Å²) in [6.07, 6.45) is 0. The maximum atomic E-state index is 9.33. The Morgan fingerprint density at radius 2 is 1.71 bits per heavy atom. The second-order valence-electron chi connectivity index (χ2n) is 0.594. The van der Waals surface area contributed by atoms with E-state index in [1.165, 1.54) is 0 Å². The first-order valence-corrected chi connectivity index (χ1v) is 2.46. The molecule has 0 saturated heterocycles. The van der Waals surface area contributed by atoms with Gasteiger partial charge in [-0.05, 0) is 0 Å². The van der Waals surface area contributed by atoms with Gasteiger partial charge in [0.25, 0.3) is 0 Å². The Labute approximate surface area is 41.8 Å². The van der Waals surface area contributed by atoms with Gasteiger partial charge >= 0.3 is 10.4 Å². The van der Waals surface area contributed by atoms with E-state index in [1.54, 1.807) is 0 Å². The minimum Gasteiger partial charge on any atom is -0.369 e. The molecule has 0 heterocycles. The molecule has 0 aliphatic carbocycles. The lowest BCUT2D eigenvalue weighted by atomic mass is 11.8. The summed E-state index contributed by atoms with van der Waals surface area (Å²) in [7, 11) is -3.29. The largest absolute Gasteiger partial charge is 0.397 e. The predicted octanol–water partition coefficient (Wildman–Crippen LogP) is -0.188. The van der Waals surface area contributed by atoms with Crippen molar-refractivity contribution in [3.05, 3.63) is 0 Å². The third-order valence-electron chi connectivity index (χ3n) is 0.211. The minimum atomic E-state index is -4.16. The summed E-state index contributed by atoms with van der Waals surface area (Å²) < 4.78 is 29.7. The van der Waals surface area contributed by atoms with E-state index in [1.807, 2.05) is 0 Å². The van der Waals surface area contributed by atoms with E-state index in [0.29, 0.717) is 0 Å². The lowest BCUT2D eigenvalue weighted by Crippen LogP contribution is -1.96. The SMILES string of the molecule is COS(=O)(=O)O.[NH4+]. The van der Waals surface area contributed by atoms with Crippen LogP contribution in [-0.2, 0) is 14.6 Å². The first kappa shape index (κ1) is 9.95. The Morgan fingerprint density at radius 3 is 1.71 bits per heavy atom. The van der Waals surface area contributed by atoms with E-state index >= 15 is 0 Å². The minimum absolute atomic E-state index is 0. The zero-order valence-corrected chi connectivity index (χ0v) is 4.90. The van der Waals surface area contributed by atoms with Crippen LogP contribution in [0.5, 0.6) is 0 Å². The van der Waals surface area contributed by atoms with Crippen LogP contribution in [0, 0.1) is 0 Å². The monoisotopic (exact) mass is 130 g/mol. The highest BCUT2D eigenvalue weighted by molar-refractivity contribution is 7.80. The van der Waals surface area contributed by atoms with Gasteiger partial charge in [0.1, 0.15) is 0 Å². The summed E-state index contributed by atoms with van der Waals surface area (Å²) in [4.78, 5) is 0. The van der Waals surface area contributed by atoms with Gasteiger partial charge in [-0.1, -0.05) is 0 Å². The number of hydrogen-bond donors (Lipinski definition) is 2. The number of rotatable bonds is 1. The Balaban J connectivity index is 0. The van der Waals surface area contributed by atoms with Crippen LogP contribution in [0.4, 0.5) is 0 Å². The second kappa shape index (κ2) is 2.92. The van der Waals surface area contributed by atoms with Crippen LogP contribution in [0.25, 0.3) is 0 Å². The molecule has 5 nitrogen and oxygen atoms in total. The second-order valence-corrected chi connectivity index (χ2v) is 1.78. The molecule has 0 spiro atoms. The molecule has 0 aliphatic heterocycles. The molecule has 5 N–H and O–H groups in total. The van der Waals surface area contributed by atoms with E-state index in [4.69, 9.17) is 4.55 Å². The number of hydrogen-bond acceptors (Lipinski definition) is 3. The van der Waals surface area contributed by atoms with Crippen LogP contribution in [0.3, 0.4) is 0 Å². The predicted molar refractivity (Wildman–Crippen MR) is 24.5 cm³/mol. The first-order chi connectivity index (χ1) is 2.56. The molecule has 0 atom stereocenters. The Bertz CT molecular complexity index is 114. The van der Waals surface area contributed by atoms with Crippen molar-refractivity contribution in [2.75, 3.05) is 7.11 Å². The van der Waals surface area contributed by atoms with Crippen molar-refractivity contribution in [1.29, 1.82) is 0 Å². The molecule has 0 unspecified atom stereocenters. The van der Waals surface area contributed by atoms with Crippen LogP contribution in [0.15, 0.2) is 0 Å². The molecule has 0 fully saturated rings. The van der Waals surface area contributed by atoms with Crippen LogP contribution in [0.2, 0.25) is 0 Å². The fourth-order valence-electron chi connectivity index (χ4n) is 0. The van der Waals surface area contributed by atoms with Crippen molar-refractivity contribution < 1.29 is 17.2 Å². The van der Waals surface area contributed by atoms with E-state index in [2.05, 4.69) is 4.18 Å². The molecule has 0 aromatic rings. The van der Waals surface area contributed by atoms with E-state index in [-0.39, 0.29) is 6.15 Å². The Morgan fingerprint density at radius 1 is 1.57 bits per heavy atom. The smallest absolute Gasteiger partial charge is 0.369 e. The van der Waals surface area contributed by atoms with Gasteiger partial charge in [0.2, 0.25) is 0 Å². The fourth-order valence-corrected chi connectivity index (χ4v) is 0. The average molecular weight is 130 g/mol. The lowest BCUT2D eigenvalue weighted by molar-refractivity contribution is 0.324. The normalized spacial score (nSPS) is 10.0. The molecule has 0 amide bonds.